The summed E-state index contributed by atoms with van der Waals surface area (Å²) in [6.07, 6.45) is 5.29. The number of carbonyl (C=O) groups excluding carboxylic acids is 1. The van der Waals surface area contributed by atoms with E-state index >= 15 is 0 Å². The Labute approximate surface area is 195 Å². The van der Waals surface area contributed by atoms with Crippen molar-refractivity contribution in [2.24, 2.45) is 0 Å². The minimum absolute atomic E-state index is 0.141. The molecular formula is C27H34O4S. The standard InChI is InChI=1S/C27H34O4S/c1-7-8-9-10-22-13-14-25(32-22)24-15-20-11-12-21(16-23(20)30-24)29-19(4)17-27(5,6)31-26(28)18(2)3/h11-16,19H,2,7-10,17H2,1,3-6H3. The number of rotatable bonds is 11. The topological polar surface area (TPSA) is 48.7 Å². The lowest BCUT2D eigenvalue weighted by Gasteiger charge is -2.28. The molecule has 1 unspecified atom stereocenters. The summed E-state index contributed by atoms with van der Waals surface area (Å²) in [6, 6.07) is 12.4. The van der Waals surface area contributed by atoms with Crippen LogP contribution in [0.2, 0.25) is 0 Å². The lowest BCUT2D eigenvalue weighted by Crippen LogP contribution is -2.33. The Bertz CT molecular complexity index is 1070. The van der Waals surface area contributed by atoms with Gasteiger partial charge in [0.25, 0.3) is 0 Å². The van der Waals surface area contributed by atoms with Crippen LogP contribution in [0.25, 0.3) is 21.6 Å². The molecule has 0 aliphatic carbocycles. The van der Waals surface area contributed by atoms with Crippen LogP contribution in [0.1, 0.15) is 65.2 Å². The molecule has 1 aromatic carbocycles. The van der Waals surface area contributed by atoms with E-state index in [1.54, 1.807) is 18.3 Å². The summed E-state index contributed by atoms with van der Waals surface area (Å²) in [5.74, 6) is 1.25. The number of aryl methyl sites for hydroxylation is 1. The molecule has 0 amide bonds. The first-order valence-electron chi connectivity index (χ1n) is 11.3. The summed E-state index contributed by atoms with van der Waals surface area (Å²) in [5.41, 5.74) is 0.550. The largest absolute Gasteiger partial charge is 0.490 e. The molecule has 3 aromatic rings. The molecule has 172 valence electrons. The number of hydrogen-bond acceptors (Lipinski definition) is 5. The number of thiophene rings is 1. The van der Waals surface area contributed by atoms with Crippen LogP contribution in [-0.2, 0) is 16.0 Å². The lowest BCUT2D eigenvalue weighted by molar-refractivity contribution is -0.153. The zero-order valence-electron chi connectivity index (χ0n) is 19.8. The van der Waals surface area contributed by atoms with Gasteiger partial charge >= 0.3 is 5.97 Å². The van der Waals surface area contributed by atoms with Crippen molar-refractivity contribution in [1.82, 2.24) is 0 Å². The quantitative estimate of drug-likeness (QED) is 0.168. The lowest BCUT2D eigenvalue weighted by atomic mass is 10.0. The van der Waals surface area contributed by atoms with Gasteiger partial charge in [-0.15, -0.1) is 11.3 Å². The first kappa shape index (κ1) is 24.1. The molecule has 0 aliphatic rings. The predicted molar refractivity (Wildman–Crippen MR) is 132 cm³/mol. The molecule has 3 rings (SSSR count). The molecule has 5 heteroatoms. The highest BCUT2D eigenvalue weighted by Crippen LogP contribution is 2.35. The van der Waals surface area contributed by atoms with Crippen LogP contribution >= 0.6 is 11.3 Å². The van der Waals surface area contributed by atoms with Crippen LogP contribution in [0.4, 0.5) is 0 Å². The summed E-state index contributed by atoms with van der Waals surface area (Å²) in [5, 5.41) is 1.05. The smallest absolute Gasteiger partial charge is 0.333 e. The Hall–Kier alpha value is -2.53. The SMILES string of the molecule is C=C(C)C(=O)OC(C)(C)CC(C)Oc1ccc2cc(-c3ccc(CCCCC)s3)oc2c1. The van der Waals surface area contributed by atoms with Gasteiger partial charge in [0.2, 0.25) is 0 Å². The number of benzene rings is 1. The summed E-state index contributed by atoms with van der Waals surface area (Å²) in [4.78, 5) is 14.4. The Balaban J connectivity index is 1.66. The molecule has 0 radical (unpaired) electrons. The van der Waals surface area contributed by atoms with E-state index in [4.69, 9.17) is 13.9 Å². The van der Waals surface area contributed by atoms with Crippen molar-refractivity contribution < 1.29 is 18.7 Å². The number of carbonyl (C=O) groups is 1. The molecule has 2 heterocycles. The van der Waals surface area contributed by atoms with Gasteiger partial charge in [0, 0.05) is 28.3 Å². The van der Waals surface area contributed by atoms with Crippen LogP contribution in [0.3, 0.4) is 0 Å². The van der Waals surface area contributed by atoms with Gasteiger partial charge in [-0.25, -0.2) is 4.79 Å². The highest BCUT2D eigenvalue weighted by Gasteiger charge is 2.27. The third-order valence-corrected chi connectivity index (χ3v) is 6.42. The molecule has 0 aliphatic heterocycles. The Morgan fingerprint density at radius 2 is 1.97 bits per heavy atom. The van der Waals surface area contributed by atoms with E-state index < -0.39 is 5.60 Å². The van der Waals surface area contributed by atoms with E-state index in [0.29, 0.717) is 12.0 Å². The summed E-state index contributed by atoms with van der Waals surface area (Å²) < 4.78 is 17.8. The first-order valence-corrected chi connectivity index (χ1v) is 12.2. The van der Waals surface area contributed by atoms with Crippen molar-refractivity contribution in [2.45, 2.75) is 78.4 Å². The Morgan fingerprint density at radius 3 is 2.69 bits per heavy atom. The molecule has 4 nitrogen and oxygen atoms in total. The van der Waals surface area contributed by atoms with Crippen molar-refractivity contribution in [2.75, 3.05) is 0 Å². The molecular weight excluding hydrogens is 420 g/mol. The van der Waals surface area contributed by atoms with Crippen molar-refractivity contribution in [3.05, 3.63) is 53.4 Å². The van der Waals surface area contributed by atoms with E-state index in [0.717, 1.165) is 33.8 Å². The van der Waals surface area contributed by atoms with Crippen molar-refractivity contribution in [3.63, 3.8) is 0 Å². The highest BCUT2D eigenvalue weighted by molar-refractivity contribution is 7.15. The van der Waals surface area contributed by atoms with E-state index in [-0.39, 0.29) is 12.1 Å². The third kappa shape index (κ3) is 6.49. The summed E-state index contributed by atoms with van der Waals surface area (Å²) >= 11 is 1.81. The normalized spacial score (nSPS) is 12.7. The maximum absolute atomic E-state index is 11.9. The minimum Gasteiger partial charge on any atom is -0.490 e. The summed E-state index contributed by atoms with van der Waals surface area (Å²) in [6.45, 7) is 13.3. The fourth-order valence-corrected chi connectivity index (χ4v) is 4.75. The summed E-state index contributed by atoms with van der Waals surface area (Å²) in [7, 11) is 0. The van der Waals surface area contributed by atoms with E-state index in [9.17, 15) is 4.79 Å². The second-order valence-corrected chi connectivity index (χ2v) is 10.3. The number of furan rings is 1. The van der Waals surface area contributed by atoms with Crippen molar-refractivity contribution >= 4 is 28.3 Å². The number of hydrogen-bond donors (Lipinski definition) is 0. The number of ether oxygens (including phenoxy) is 2. The maximum atomic E-state index is 11.9. The van der Waals surface area contributed by atoms with Gasteiger partial charge in [-0.1, -0.05) is 26.3 Å². The zero-order chi connectivity index (χ0) is 23.3. The van der Waals surface area contributed by atoms with Crippen LogP contribution < -0.4 is 4.74 Å². The average Bonchev–Trinajstić information content (AvgIpc) is 3.33. The third-order valence-electron chi connectivity index (χ3n) is 5.26. The Morgan fingerprint density at radius 1 is 1.19 bits per heavy atom. The van der Waals surface area contributed by atoms with Gasteiger partial charge in [0.05, 0.1) is 11.0 Å². The second-order valence-electron chi connectivity index (χ2n) is 9.10. The molecule has 2 aromatic heterocycles. The van der Waals surface area contributed by atoms with Crippen LogP contribution in [-0.4, -0.2) is 17.7 Å². The van der Waals surface area contributed by atoms with Crippen molar-refractivity contribution in [3.8, 4) is 16.4 Å². The second kappa shape index (κ2) is 10.4. The Kier molecular flexibility index (Phi) is 7.83. The van der Waals surface area contributed by atoms with E-state index in [1.807, 2.05) is 39.0 Å². The van der Waals surface area contributed by atoms with E-state index in [1.165, 1.54) is 24.1 Å². The monoisotopic (exact) mass is 454 g/mol. The number of esters is 1. The van der Waals surface area contributed by atoms with Gasteiger partial charge in [-0.3, -0.25) is 0 Å². The van der Waals surface area contributed by atoms with Crippen LogP contribution in [0.15, 0.2) is 53.0 Å². The number of fused-ring (bicyclic) bond motifs is 1. The molecule has 0 spiro atoms. The van der Waals surface area contributed by atoms with E-state index in [2.05, 4.69) is 31.7 Å². The molecule has 0 saturated carbocycles. The average molecular weight is 455 g/mol. The van der Waals surface area contributed by atoms with Gasteiger partial charge in [-0.05, 0) is 70.9 Å². The fourth-order valence-electron chi connectivity index (χ4n) is 3.75. The van der Waals surface area contributed by atoms with Gasteiger partial charge in [0.1, 0.15) is 22.7 Å². The molecule has 0 saturated heterocycles. The molecule has 0 N–H and O–H groups in total. The van der Waals surface area contributed by atoms with Gasteiger partial charge < -0.3 is 13.9 Å². The zero-order valence-corrected chi connectivity index (χ0v) is 20.6. The van der Waals surface area contributed by atoms with Crippen molar-refractivity contribution in [1.29, 1.82) is 0 Å². The highest BCUT2D eigenvalue weighted by atomic mass is 32.1. The van der Waals surface area contributed by atoms with Gasteiger partial charge in [-0.2, -0.15) is 0 Å². The maximum Gasteiger partial charge on any atom is 0.333 e. The fraction of sp³-hybridized carbons (Fsp3) is 0.444. The van der Waals surface area contributed by atoms with Crippen LogP contribution in [0, 0.1) is 0 Å². The first-order chi connectivity index (χ1) is 15.2. The molecule has 0 fully saturated rings. The van der Waals surface area contributed by atoms with Crippen LogP contribution in [0.5, 0.6) is 5.75 Å². The minimum atomic E-state index is -0.647. The number of unbranched alkanes of at least 4 members (excludes halogenated alkanes) is 2. The molecule has 32 heavy (non-hydrogen) atoms. The predicted octanol–water partition coefficient (Wildman–Crippen LogP) is 7.95. The molecule has 1 atom stereocenters. The molecule has 0 bridgehead atoms. The van der Waals surface area contributed by atoms with Gasteiger partial charge in [0.15, 0.2) is 0 Å².